The minimum absolute atomic E-state index is 0.108. The van der Waals surface area contributed by atoms with Gasteiger partial charge in [-0.3, -0.25) is 0 Å². The van der Waals surface area contributed by atoms with Gasteiger partial charge in [-0.25, -0.2) is 4.39 Å². The van der Waals surface area contributed by atoms with Crippen LogP contribution in [0.4, 0.5) is 10.1 Å². The number of anilines is 1. The van der Waals surface area contributed by atoms with E-state index in [0.717, 1.165) is 25.2 Å². The molecule has 1 aromatic rings. The van der Waals surface area contributed by atoms with Crippen molar-refractivity contribution in [1.29, 1.82) is 5.26 Å². The Morgan fingerprint density at radius 3 is 2.76 bits per heavy atom. The van der Waals surface area contributed by atoms with E-state index in [4.69, 9.17) is 5.26 Å². The van der Waals surface area contributed by atoms with Gasteiger partial charge in [0.25, 0.3) is 0 Å². The number of nitrogens with zero attached hydrogens (tertiary/aromatic N) is 3. The van der Waals surface area contributed by atoms with Crippen molar-refractivity contribution in [2.75, 3.05) is 32.1 Å². The first-order valence-electron chi connectivity index (χ1n) is 5.73. The molecular formula is C13H16FN3. The summed E-state index contributed by atoms with van der Waals surface area (Å²) in [5.41, 5.74) is 0.975. The Bertz CT molecular complexity index is 450. The van der Waals surface area contributed by atoms with Gasteiger partial charge in [-0.15, -0.1) is 0 Å². The lowest BCUT2D eigenvalue weighted by Crippen LogP contribution is -2.31. The second kappa shape index (κ2) is 4.72. The maximum atomic E-state index is 13.5. The molecule has 1 fully saturated rings. The molecule has 1 aliphatic heterocycles. The zero-order chi connectivity index (χ0) is 12.4. The van der Waals surface area contributed by atoms with E-state index in [-0.39, 0.29) is 5.56 Å². The number of benzene rings is 1. The standard InChI is InChI=1S/C13H16FN3/c1-16(2)12-5-6-17(9-12)11-4-3-10(8-15)13(14)7-11/h3-4,7,12H,5-6,9H2,1-2H3. The number of nitriles is 1. The average molecular weight is 233 g/mol. The van der Waals surface area contributed by atoms with Crippen molar-refractivity contribution in [2.45, 2.75) is 12.5 Å². The predicted molar refractivity (Wildman–Crippen MR) is 65.4 cm³/mol. The number of likely N-dealkylation sites (N-methyl/N-ethyl adjacent to an activating group) is 1. The second-order valence-corrected chi connectivity index (χ2v) is 4.63. The maximum absolute atomic E-state index is 13.5. The third-order valence-corrected chi connectivity index (χ3v) is 3.33. The van der Waals surface area contributed by atoms with Gasteiger partial charge in [0.15, 0.2) is 0 Å². The summed E-state index contributed by atoms with van der Waals surface area (Å²) in [4.78, 5) is 4.36. The monoisotopic (exact) mass is 233 g/mol. The Balaban J connectivity index is 2.15. The van der Waals surface area contributed by atoms with Gasteiger partial charge in [0.05, 0.1) is 5.56 Å². The molecule has 0 amide bonds. The van der Waals surface area contributed by atoms with E-state index in [2.05, 4.69) is 23.9 Å². The molecule has 0 aromatic heterocycles. The smallest absolute Gasteiger partial charge is 0.143 e. The average Bonchev–Trinajstić information content (AvgIpc) is 2.78. The van der Waals surface area contributed by atoms with E-state index in [1.807, 2.05) is 12.1 Å². The molecular weight excluding hydrogens is 217 g/mol. The van der Waals surface area contributed by atoms with E-state index in [0.29, 0.717) is 6.04 Å². The predicted octanol–water partition coefficient (Wildman–Crippen LogP) is 1.84. The lowest BCUT2D eigenvalue weighted by atomic mass is 10.2. The molecule has 0 spiro atoms. The molecule has 2 rings (SSSR count). The molecule has 1 aliphatic rings. The van der Waals surface area contributed by atoms with E-state index in [1.54, 1.807) is 6.07 Å². The summed E-state index contributed by atoms with van der Waals surface area (Å²) in [5.74, 6) is -0.432. The van der Waals surface area contributed by atoms with Crippen molar-refractivity contribution in [3.63, 3.8) is 0 Å². The van der Waals surface area contributed by atoms with Crippen molar-refractivity contribution >= 4 is 5.69 Å². The highest BCUT2D eigenvalue weighted by molar-refractivity contribution is 5.51. The molecule has 0 N–H and O–H groups in total. The molecule has 17 heavy (non-hydrogen) atoms. The molecule has 0 radical (unpaired) electrons. The minimum Gasteiger partial charge on any atom is -0.370 e. The molecule has 1 atom stereocenters. The lowest BCUT2D eigenvalue weighted by Gasteiger charge is -2.21. The van der Waals surface area contributed by atoms with Crippen LogP contribution in [-0.4, -0.2) is 38.1 Å². The van der Waals surface area contributed by atoms with Crippen molar-refractivity contribution < 1.29 is 4.39 Å². The van der Waals surface area contributed by atoms with Crippen LogP contribution in [0.1, 0.15) is 12.0 Å². The van der Waals surface area contributed by atoms with Gasteiger partial charge in [0.1, 0.15) is 11.9 Å². The van der Waals surface area contributed by atoms with Gasteiger partial charge < -0.3 is 9.80 Å². The molecule has 1 heterocycles. The van der Waals surface area contributed by atoms with Gasteiger partial charge in [-0.05, 0) is 38.7 Å². The highest BCUT2D eigenvalue weighted by atomic mass is 19.1. The largest absolute Gasteiger partial charge is 0.370 e. The Morgan fingerprint density at radius 2 is 2.24 bits per heavy atom. The van der Waals surface area contributed by atoms with Crippen molar-refractivity contribution in [1.82, 2.24) is 4.90 Å². The number of halogens is 1. The fraction of sp³-hybridized carbons (Fsp3) is 0.462. The van der Waals surface area contributed by atoms with Crippen LogP contribution in [0.25, 0.3) is 0 Å². The van der Waals surface area contributed by atoms with Crippen molar-refractivity contribution in [2.24, 2.45) is 0 Å². The van der Waals surface area contributed by atoms with E-state index < -0.39 is 5.82 Å². The molecule has 90 valence electrons. The van der Waals surface area contributed by atoms with Crippen LogP contribution in [0, 0.1) is 17.1 Å². The first-order chi connectivity index (χ1) is 8.11. The van der Waals surface area contributed by atoms with Crippen LogP contribution in [0.2, 0.25) is 0 Å². The maximum Gasteiger partial charge on any atom is 0.143 e. The molecule has 1 aromatic carbocycles. The van der Waals surface area contributed by atoms with Crippen molar-refractivity contribution in [3.8, 4) is 6.07 Å². The normalized spacial score (nSPS) is 19.7. The summed E-state index contributed by atoms with van der Waals surface area (Å²) in [7, 11) is 4.13. The Labute approximate surface area is 101 Å². The summed E-state index contributed by atoms with van der Waals surface area (Å²) in [6.45, 7) is 1.85. The van der Waals surface area contributed by atoms with Crippen LogP contribution in [0.5, 0.6) is 0 Å². The zero-order valence-electron chi connectivity index (χ0n) is 10.2. The van der Waals surface area contributed by atoms with Crippen LogP contribution in [0.15, 0.2) is 18.2 Å². The quantitative estimate of drug-likeness (QED) is 0.780. The van der Waals surface area contributed by atoms with Crippen LogP contribution in [0.3, 0.4) is 0 Å². The van der Waals surface area contributed by atoms with Crippen LogP contribution < -0.4 is 4.90 Å². The molecule has 0 saturated carbocycles. The highest BCUT2D eigenvalue weighted by Gasteiger charge is 2.24. The third-order valence-electron chi connectivity index (χ3n) is 3.33. The summed E-state index contributed by atoms with van der Waals surface area (Å²) < 4.78 is 13.5. The SMILES string of the molecule is CN(C)C1CCN(c2ccc(C#N)c(F)c2)C1. The first kappa shape index (κ1) is 11.9. The van der Waals surface area contributed by atoms with Crippen LogP contribution >= 0.6 is 0 Å². The molecule has 4 heteroatoms. The van der Waals surface area contributed by atoms with E-state index in [9.17, 15) is 4.39 Å². The summed E-state index contributed by atoms with van der Waals surface area (Å²) in [6.07, 6.45) is 1.09. The van der Waals surface area contributed by atoms with Gasteiger partial charge in [-0.2, -0.15) is 5.26 Å². The molecule has 3 nitrogen and oxygen atoms in total. The lowest BCUT2D eigenvalue weighted by molar-refractivity contribution is 0.315. The number of hydrogen-bond acceptors (Lipinski definition) is 3. The fourth-order valence-corrected chi connectivity index (χ4v) is 2.19. The zero-order valence-corrected chi connectivity index (χ0v) is 10.2. The fourth-order valence-electron chi connectivity index (χ4n) is 2.19. The molecule has 1 saturated heterocycles. The number of rotatable bonds is 2. The molecule has 0 bridgehead atoms. The summed E-state index contributed by atoms with van der Waals surface area (Å²) in [5, 5.41) is 8.68. The Morgan fingerprint density at radius 1 is 1.47 bits per heavy atom. The van der Waals surface area contributed by atoms with Crippen molar-refractivity contribution in [3.05, 3.63) is 29.6 Å². The topological polar surface area (TPSA) is 30.3 Å². The van der Waals surface area contributed by atoms with Gasteiger partial charge in [0.2, 0.25) is 0 Å². The van der Waals surface area contributed by atoms with Gasteiger partial charge >= 0.3 is 0 Å². The highest BCUT2D eigenvalue weighted by Crippen LogP contribution is 2.23. The number of hydrogen-bond donors (Lipinski definition) is 0. The van der Waals surface area contributed by atoms with Gasteiger partial charge in [-0.1, -0.05) is 0 Å². The Hall–Kier alpha value is -1.60. The Kier molecular flexibility index (Phi) is 3.30. The van der Waals surface area contributed by atoms with E-state index in [1.165, 1.54) is 6.07 Å². The molecule has 1 unspecified atom stereocenters. The minimum atomic E-state index is -0.432. The summed E-state index contributed by atoms with van der Waals surface area (Å²) in [6, 6.07) is 7.18. The van der Waals surface area contributed by atoms with E-state index >= 15 is 0 Å². The van der Waals surface area contributed by atoms with Gasteiger partial charge in [0, 0.05) is 24.8 Å². The summed E-state index contributed by atoms with van der Waals surface area (Å²) >= 11 is 0. The first-order valence-corrected chi connectivity index (χ1v) is 5.73. The van der Waals surface area contributed by atoms with Crippen LogP contribution in [-0.2, 0) is 0 Å². The third kappa shape index (κ3) is 2.40. The second-order valence-electron chi connectivity index (χ2n) is 4.63. The molecule has 0 aliphatic carbocycles.